The van der Waals surface area contributed by atoms with E-state index in [2.05, 4.69) is 23.8 Å². The predicted molar refractivity (Wildman–Crippen MR) is 71.3 cm³/mol. The van der Waals surface area contributed by atoms with Gasteiger partial charge in [0.25, 0.3) is 0 Å². The minimum atomic E-state index is 0.539. The van der Waals surface area contributed by atoms with E-state index in [0.717, 1.165) is 12.5 Å². The standard InChI is InChI=1S/C14H28N2O/c1-3-16-10-6-14(7-11-16)17-12-13-4-8-15(2)9-5-13/h13-14H,3-12H2,1-2H3. The fourth-order valence-electron chi connectivity index (χ4n) is 2.89. The molecule has 0 unspecified atom stereocenters. The Balaban J connectivity index is 1.59. The molecule has 0 N–H and O–H groups in total. The van der Waals surface area contributed by atoms with Gasteiger partial charge in [0.15, 0.2) is 0 Å². The van der Waals surface area contributed by atoms with E-state index in [4.69, 9.17) is 4.74 Å². The summed E-state index contributed by atoms with van der Waals surface area (Å²) in [5, 5.41) is 0. The van der Waals surface area contributed by atoms with Crippen molar-refractivity contribution in [1.82, 2.24) is 9.80 Å². The first-order chi connectivity index (χ1) is 8.28. The largest absolute Gasteiger partial charge is 0.378 e. The highest BCUT2D eigenvalue weighted by atomic mass is 16.5. The second-order valence-electron chi connectivity index (χ2n) is 5.71. The molecule has 2 rings (SSSR count). The Morgan fingerprint density at radius 1 is 1.00 bits per heavy atom. The lowest BCUT2D eigenvalue weighted by Crippen LogP contribution is -2.38. The first kappa shape index (κ1) is 13.3. The van der Waals surface area contributed by atoms with Crippen LogP contribution in [-0.2, 0) is 4.74 Å². The third-order valence-electron chi connectivity index (χ3n) is 4.39. The summed E-state index contributed by atoms with van der Waals surface area (Å²) in [7, 11) is 2.22. The van der Waals surface area contributed by atoms with Crippen LogP contribution in [-0.4, -0.2) is 62.3 Å². The summed E-state index contributed by atoms with van der Waals surface area (Å²) in [5.74, 6) is 0.815. The molecule has 0 bridgehead atoms. The molecule has 2 saturated heterocycles. The van der Waals surface area contributed by atoms with Crippen LogP contribution in [0.2, 0.25) is 0 Å². The van der Waals surface area contributed by atoms with E-state index >= 15 is 0 Å². The zero-order chi connectivity index (χ0) is 12.1. The van der Waals surface area contributed by atoms with Gasteiger partial charge in [-0.2, -0.15) is 0 Å². The molecule has 2 aliphatic rings. The molecule has 3 nitrogen and oxygen atoms in total. The van der Waals surface area contributed by atoms with Crippen molar-refractivity contribution >= 4 is 0 Å². The number of nitrogens with zero attached hydrogens (tertiary/aromatic N) is 2. The van der Waals surface area contributed by atoms with Gasteiger partial charge in [-0.25, -0.2) is 0 Å². The van der Waals surface area contributed by atoms with Crippen LogP contribution in [0.1, 0.15) is 32.6 Å². The average molecular weight is 240 g/mol. The molecule has 3 heteroatoms. The van der Waals surface area contributed by atoms with Crippen molar-refractivity contribution in [3.63, 3.8) is 0 Å². The van der Waals surface area contributed by atoms with Gasteiger partial charge in [0.05, 0.1) is 6.10 Å². The van der Waals surface area contributed by atoms with Crippen LogP contribution in [0.15, 0.2) is 0 Å². The van der Waals surface area contributed by atoms with Crippen molar-refractivity contribution in [2.45, 2.75) is 38.7 Å². The zero-order valence-electron chi connectivity index (χ0n) is 11.5. The molecule has 100 valence electrons. The molecule has 2 heterocycles. The third kappa shape index (κ3) is 4.23. The van der Waals surface area contributed by atoms with Gasteiger partial charge in [-0.05, 0) is 58.3 Å². The maximum Gasteiger partial charge on any atom is 0.0599 e. The number of piperidine rings is 2. The summed E-state index contributed by atoms with van der Waals surface area (Å²) in [4.78, 5) is 4.95. The average Bonchev–Trinajstić information content (AvgIpc) is 2.39. The monoisotopic (exact) mass is 240 g/mol. The normalized spacial score (nSPS) is 26.5. The Morgan fingerprint density at radius 3 is 2.24 bits per heavy atom. The molecular weight excluding hydrogens is 212 g/mol. The molecule has 0 aromatic heterocycles. The van der Waals surface area contributed by atoms with Crippen molar-refractivity contribution in [1.29, 1.82) is 0 Å². The highest BCUT2D eigenvalue weighted by molar-refractivity contribution is 4.74. The van der Waals surface area contributed by atoms with Crippen LogP contribution in [0.5, 0.6) is 0 Å². The molecule has 2 aliphatic heterocycles. The molecule has 2 fully saturated rings. The maximum atomic E-state index is 6.11. The molecule has 0 saturated carbocycles. The van der Waals surface area contributed by atoms with Gasteiger partial charge in [-0.1, -0.05) is 6.92 Å². The summed E-state index contributed by atoms with van der Waals surface area (Å²) in [6, 6.07) is 0. The van der Waals surface area contributed by atoms with Crippen LogP contribution in [0.4, 0.5) is 0 Å². The van der Waals surface area contributed by atoms with Gasteiger partial charge in [0.1, 0.15) is 0 Å². The molecule has 0 spiro atoms. The zero-order valence-corrected chi connectivity index (χ0v) is 11.5. The Kier molecular flexibility index (Phi) is 5.26. The van der Waals surface area contributed by atoms with E-state index in [1.165, 1.54) is 58.4 Å². The summed E-state index contributed by atoms with van der Waals surface area (Å²) >= 11 is 0. The van der Waals surface area contributed by atoms with Gasteiger partial charge in [-0.3, -0.25) is 0 Å². The topological polar surface area (TPSA) is 15.7 Å². The lowest BCUT2D eigenvalue weighted by Gasteiger charge is -2.33. The van der Waals surface area contributed by atoms with Crippen LogP contribution in [0.25, 0.3) is 0 Å². The number of rotatable bonds is 4. The van der Waals surface area contributed by atoms with Gasteiger partial charge in [-0.15, -0.1) is 0 Å². The first-order valence-electron chi connectivity index (χ1n) is 7.30. The van der Waals surface area contributed by atoms with Crippen molar-refractivity contribution in [3.05, 3.63) is 0 Å². The molecule has 0 radical (unpaired) electrons. The SMILES string of the molecule is CCN1CCC(OCC2CCN(C)CC2)CC1. The fraction of sp³-hybridized carbons (Fsp3) is 1.00. The summed E-state index contributed by atoms with van der Waals surface area (Å²) in [6.45, 7) is 9.42. The Morgan fingerprint density at radius 2 is 1.65 bits per heavy atom. The van der Waals surface area contributed by atoms with Gasteiger partial charge < -0.3 is 14.5 Å². The quantitative estimate of drug-likeness (QED) is 0.745. The minimum Gasteiger partial charge on any atom is -0.378 e. The fourth-order valence-corrected chi connectivity index (χ4v) is 2.89. The van der Waals surface area contributed by atoms with E-state index < -0.39 is 0 Å². The Bertz CT molecular complexity index is 206. The second-order valence-corrected chi connectivity index (χ2v) is 5.71. The van der Waals surface area contributed by atoms with Gasteiger partial charge >= 0.3 is 0 Å². The van der Waals surface area contributed by atoms with E-state index in [1.54, 1.807) is 0 Å². The number of ether oxygens (including phenoxy) is 1. The smallest absolute Gasteiger partial charge is 0.0599 e. The molecule has 17 heavy (non-hydrogen) atoms. The van der Waals surface area contributed by atoms with Crippen LogP contribution >= 0.6 is 0 Å². The highest BCUT2D eigenvalue weighted by Gasteiger charge is 2.21. The van der Waals surface area contributed by atoms with E-state index in [1.807, 2.05) is 0 Å². The Labute approximate surface area is 106 Å². The van der Waals surface area contributed by atoms with Gasteiger partial charge in [0, 0.05) is 19.7 Å². The second kappa shape index (κ2) is 6.72. The number of likely N-dealkylation sites (tertiary alicyclic amines) is 2. The molecule has 0 aromatic carbocycles. The predicted octanol–water partition coefficient (Wildman–Crippen LogP) is 1.83. The lowest BCUT2D eigenvalue weighted by atomic mass is 9.98. The number of hydrogen-bond acceptors (Lipinski definition) is 3. The third-order valence-corrected chi connectivity index (χ3v) is 4.39. The van der Waals surface area contributed by atoms with E-state index in [9.17, 15) is 0 Å². The molecule has 0 aromatic rings. The van der Waals surface area contributed by atoms with Crippen LogP contribution < -0.4 is 0 Å². The van der Waals surface area contributed by atoms with Gasteiger partial charge in [0.2, 0.25) is 0 Å². The number of hydrogen-bond donors (Lipinski definition) is 0. The molecule has 0 amide bonds. The van der Waals surface area contributed by atoms with E-state index in [-0.39, 0.29) is 0 Å². The first-order valence-corrected chi connectivity index (χ1v) is 7.30. The minimum absolute atomic E-state index is 0.539. The van der Waals surface area contributed by atoms with E-state index in [0.29, 0.717) is 6.10 Å². The maximum absolute atomic E-state index is 6.11. The molecule has 0 atom stereocenters. The van der Waals surface area contributed by atoms with Crippen molar-refractivity contribution in [3.8, 4) is 0 Å². The lowest BCUT2D eigenvalue weighted by molar-refractivity contribution is -0.0172. The van der Waals surface area contributed by atoms with Crippen LogP contribution in [0, 0.1) is 5.92 Å². The molecular formula is C14H28N2O. The molecule has 0 aliphatic carbocycles. The Hall–Kier alpha value is -0.120. The van der Waals surface area contributed by atoms with Crippen molar-refractivity contribution in [2.24, 2.45) is 5.92 Å². The summed E-state index contributed by atoms with van der Waals surface area (Å²) in [6.07, 6.45) is 5.66. The van der Waals surface area contributed by atoms with Crippen molar-refractivity contribution in [2.75, 3.05) is 46.4 Å². The summed E-state index contributed by atoms with van der Waals surface area (Å²) < 4.78 is 6.11. The summed E-state index contributed by atoms with van der Waals surface area (Å²) in [5.41, 5.74) is 0. The van der Waals surface area contributed by atoms with Crippen LogP contribution in [0.3, 0.4) is 0 Å². The van der Waals surface area contributed by atoms with Crippen molar-refractivity contribution < 1.29 is 4.74 Å². The highest BCUT2D eigenvalue weighted by Crippen LogP contribution is 2.19.